The summed E-state index contributed by atoms with van der Waals surface area (Å²) in [4.78, 5) is 12.7. The van der Waals surface area contributed by atoms with E-state index in [4.69, 9.17) is 13.9 Å². The monoisotopic (exact) mass is 524 g/mol. The molecule has 0 atom stereocenters. The average molecular weight is 525 g/mol. The predicted octanol–water partition coefficient (Wildman–Crippen LogP) is 5.79. The number of ether oxygens (including phenoxy) is 2. The summed E-state index contributed by atoms with van der Waals surface area (Å²) in [6.07, 6.45) is 1.63. The van der Waals surface area contributed by atoms with Crippen molar-refractivity contribution < 1.29 is 18.7 Å². The average Bonchev–Trinajstić information content (AvgIpc) is 3.72. The van der Waals surface area contributed by atoms with Crippen molar-refractivity contribution in [2.24, 2.45) is 0 Å². The van der Waals surface area contributed by atoms with Crippen LogP contribution in [0.2, 0.25) is 0 Å². The van der Waals surface area contributed by atoms with Crippen molar-refractivity contribution >= 4 is 17.7 Å². The van der Waals surface area contributed by atoms with Gasteiger partial charge in [-0.3, -0.25) is 9.36 Å². The zero-order chi connectivity index (χ0) is 25.9. The first kappa shape index (κ1) is 23.9. The van der Waals surface area contributed by atoms with Crippen molar-refractivity contribution in [2.45, 2.75) is 24.4 Å². The predicted molar refractivity (Wildman–Crippen MR) is 144 cm³/mol. The van der Waals surface area contributed by atoms with Crippen LogP contribution < -0.4 is 14.8 Å². The van der Waals surface area contributed by atoms with Gasteiger partial charge in [-0.05, 0) is 66.6 Å². The first-order valence-corrected chi connectivity index (χ1v) is 13.1. The number of carbonyl (C=O) groups is 1. The van der Waals surface area contributed by atoms with Crippen molar-refractivity contribution in [3.8, 4) is 28.8 Å². The summed E-state index contributed by atoms with van der Waals surface area (Å²) in [6, 6.07) is 25.2. The summed E-state index contributed by atoms with van der Waals surface area (Å²) in [7, 11) is 0. The molecule has 0 spiro atoms. The molecular formula is C29H24N4O4S. The molecule has 0 fully saturated rings. The molecule has 0 unspecified atom stereocenters. The number of amides is 1. The molecule has 38 heavy (non-hydrogen) atoms. The van der Waals surface area contributed by atoms with Gasteiger partial charge in [-0.25, -0.2) is 0 Å². The van der Waals surface area contributed by atoms with Crippen LogP contribution in [-0.4, -0.2) is 27.5 Å². The highest BCUT2D eigenvalue weighted by molar-refractivity contribution is 7.98. The Morgan fingerprint density at radius 2 is 1.74 bits per heavy atom. The Bertz CT molecular complexity index is 1560. The summed E-state index contributed by atoms with van der Waals surface area (Å²) in [5.74, 6) is 3.26. The van der Waals surface area contributed by atoms with E-state index in [2.05, 4.69) is 34.6 Å². The number of nitrogens with zero attached hydrogens (tertiary/aromatic N) is 3. The van der Waals surface area contributed by atoms with Gasteiger partial charge in [0, 0.05) is 23.5 Å². The van der Waals surface area contributed by atoms with E-state index >= 15 is 0 Å². The highest BCUT2D eigenvalue weighted by atomic mass is 32.2. The molecule has 0 aliphatic carbocycles. The van der Waals surface area contributed by atoms with Gasteiger partial charge in [0.2, 0.25) is 12.6 Å². The molecule has 2 aromatic heterocycles. The summed E-state index contributed by atoms with van der Waals surface area (Å²) >= 11 is 1.57. The maximum atomic E-state index is 12.7. The number of fused-ring (bicyclic) bond motifs is 1. The minimum absolute atomic E-state index is 0.135. The van der Waals surface area contributed by atoms with Gasteiger partial charge in [0.1, 0.15) is 0 Å². The smallest absolute Gasteiger partial charge is 0.251 e. The van der Waals surface area contributed by atoms with E-state index in [1.54, 1.807) is 18.0 Å². The van der Waals surface area contributed by atoms with Crippen LogP contribution in [0.25, 0.3) is 17.3 Å². The first-order valence-electron chi connectivity index (χ1n) is 12.1. The molecule has 1 amide bonds. The van der Waals surface area contributed by atoms with E-state index in [-0.39, 0.29) is 12.7 Å². The normalized spacial score (nSPS) is 12.0. The highest BCUT2D eigenvalue weighted by Crippen LogP contribution is 2.33. The Hall–Kier alpha value is -4.50. The van der Waals surface area contributed by atoms with E-state index in [1.165, 1.54) is 5.56 Å². The van der Waals surface area contributed by atoms with Crippen molar-refractivity contribution in [1.29, 1.82) is 0 Å². The number of hydrogen-bond donors (Lipinski definition) is 1. The first-order chi connectivity index (χ1) is 18.6. The summed E-state index contributed by atoms with van der Waals surface area (Å²) in [5, 5.41) is 12.6. The van der Waals surface area contributed by atoms with E-state index < -0.39 is 0 Å². The van der Waals surface area contributed by atoms with E-state index in [0.717, 1.165) is 27.7 Å². The number of thioether (sulfide) groups is 1. The molecule has 0 saturated heterocycles. The lowest BCUT2D eigenvalue weighted by molar-refractivity contribution is 0.0951. The minimum atomic E-state index is -0.135. The number of hydrogen-bond acceptors (Lipinski definition) is 7. The number of carbonyl (C=O) groups excluding carboxylic acids is 1. The lowest BCUT2D eigenvalue weighted by Crippen LogP contribution is -2.22. The number of nitrogens with one attached hydrogen (secondary N) is 1. The molecule has 1 aliphatic heterocycles. The quantitative estimate of drug-likeness (QED) is 0.257. The Kier molecular flexibility index (Phi) is 6.58. The molecule has 8 nitrogen and oxygen atoms in total. The van der Waals surface area contributed by atoms with E-state index in [0.29, 0.717) is 35.2 Å². The number of aryl methyl sites for hydroxylation is 1. The minimum Gasteiger partial charge on any atom is -0.461 e. The van der Waals surface area contributed by atoms with E-state index in [9.17, 15) is 4.79 Å². The van der Waals surface area contributed by atoms with Gasteiger partial charge >= 0.3 is 0 Å². The lowest BCUT2D eigenvalue weighted by Gasteiger charge is -2.10. The molecule has 0 saturated carbocycles. The molecule has 9 heteroatoms. The van der Waals surface area contributed by atoms with Gasteiger partial charge in [-0.15, -0.1) is 10.2 Å². The number of aromatic nitrogens is 3. The number of benzene rings is 3. The van der Waals surface area contributed by atoms with Crippen LogP contribution in [-0.2, 0) is 12.3 Å². The molecule has 1 N–H and O–H groups in total. The third-order valence-corrected chi connectivity index (χ3v) is 7.14. The second kappa shape index (κ2) is 10.5. The van der Waals surface area contributed by atoms with Gasteiger partial charge in [0.25, 0.3) is 5.91 Å². The van der Waals surface area contributed by atoms with E-state index in [1.807, 2.05) is 71.3 Å². The SMILES string of the molecule is Cc1ccc(-n2c(SCc3ccc(C(=O)NCc4ccc5c(c4)OCO5)cc3)nnc2-c2ccco2)cc1. The zero-order valence-electron chi connectivity index (χ0n) is 20.6. The van der Waals surface area contributed by atoms with Gasteiger partial charge in [-0.1, -0.05) is 47.7 Å². The van der Waals surface area contributed by atoms with Gasteiger partial charge in [0.15, 0.2) is 22.4 Å². The number of rotatable bonds is 8. The van der Waals surface area contributed by atoms with Crippen LogP contribution >= 0.6 is 11.8 Å². The third kappa shape index (κ3) is 5.01. The van der Waals surface area contributed by atoms with Crippen LogP contribution in [0.5, 0.6) is 11.5 Å². The largest absolute Gasteiger partial charge is 0.461 e. The van der Waals surface area contributed by atoms with Crippen molar-refractivity contribution in [3.05, 3.63) is 107 Å². The fourth-order valence-electron chi connectivity index (χ4n) is 4.09. The summed E-state index contributed by atoms with van der Waals surface area (Å²) in [5.41, 5.74) is 4.75. The number of furan rings is 1. The van der Waals surface area contributed by atoms with Crippen molar-refractivity contribution in [3.63, 3.8) is 0 Å². The molecule has 5 aromatic rings. The van der Waals surface area contributed by atoms with Gasteiger partial charge < -0.3 is 19.2 Å². The fourth-order valence-corrected chi connectivity index (χ4v) is 5.00. The molecule has 3 aromatic carbocycles. The maximum absolute atomic E-state index is 12.7. The van der Waals surface area contributed by atoms with Crippen LogP contribution in [0.1, 0.15) is 27.0 Å². The fraction of sp³-hybridized carbons (Fsp3) is 0.138. The molecular weight excluding hydrogens is 500 g/mol. The molecule has 3 heterocycles. The Morgan fingerprint density at radius 1 is 0.947 bits per heavy atom. The van der Waals surface area contributed by atoms with Crippen molar-refractivity contribution in [2.75, 3.05) is 6.79 Å². The maximum Gasteiger partial charge on any atom is 0.251 e. The molecule has 190 valence electrons. The molecule has 0 radical (unpaired) electrons. The molecule has 1 aliphatic rings. The van der Waals surface area contributed by atoms with Crippen LogP contribution in [0, 0.1) is 6.92 Å². The van der Waals surface area contributed by atoms with Gasteiger partial charge in [0.05, 0.1) is 6.26 Å². The third-order valence-electron chi connectivity index (χ3n) is 6.14. The summed E-state index contributed by atoms with van der Waals surface area (Å²) in [6.45, 7) is 2.69. The van der Waals surface area contributed by atoms with Crippen LogP contribution in [0.3, 0.4) is 0 Å². The summed E-state index contributed by atoms with van der Waals surface area (Å²) < 4.78 is 18.3. The molecule has 0 bridgehead atoms. The standard InChI is InChI=1S/C29H24N4O4S/c1-19-4-11-23(12-5-19)33-27(25-3-2-14-35-25)31-32-29(33)38-17-20-6-9-22(10-7-20)28(34)30-16-21-8-13-24-26(15-21)37-18-36-24/h2-15H,16-18H2,1H3,(H,30,34). The topological polar surface area (TPSA) is 91.4 Å². The molecule has 6 rings (SSSR count). The second-order valence-electron chi connectivity index (χ2n) is 8.81. The zero-order valence-corrected chi connectivity index (χ0v) is 21.4. The second-order valence-corrected chi connectivity index (χ2v) is 9.75. The van der Waals surface area contributed by atoms with Crippen LogP contribution in [0.4, 0.5) is 0 Å². The van der Waals surface area contributed by atoms with Crippen molar-refractivity contribution in [1.82, 2.24) is 20.1 Å². The Balaban J connectivity index is 1.12. The van der Waals surface area contributed by atoms with Gasteiger partial charge in [-0.2, -0.15) is 0 Å². The highest BCUT2D eigenvalue weighted by Gasteiger charge is 2.18. The van der Waals surface area contributed by atoms with Crippen LogP contribution in [0.15, 0.2) is 94.7 Å². The lowest BCUT2D eigenvalue weighted by atomic mass is 10.1. The Labute approximate surface area is 223 Å². The Morgan fingerprint density at radius 3 is 2.53 bits per heavy atom.